The van der Waals surface area contributed by atoms with Crippen LogP contribution in [-0.2, 0) is 6.54 Å². The van der Waals surface area contributed by atoms with E-state index in [1.807, 2.05) is 0 Å². The van der Waals surface area contributed by atoms with E-state index in [-0.39, 0.29) is 5.41 Å². The van der Waals surface area contributed by atoms with E-state index < -0.39 is 0 Å². The highest BCUT2D eigenvalue weighted by Crippen LogP contribution is 2.22. The summed E-state index contributed by atoms with van der Waals surface area (Å²) < 4.78 is 1.18. The Balaban J connectivity index is 2.34. The van der Waals surface area contributed by atoms with Crippen LogP contribution in [0, 0.1) is 5.41 Å². The second-order valence-electron chi connectivity index (χ2n) is 5.09. The van der Waals surface area contributed by atoms with Crippen LogP contribution in [0.5, 0.6) is 0 Å². The van der Waals surface area contributed by atoms with Gasteiger partial charge < -0.3 is 10.6 Å². The van der Waals surface area contributed by atoms with Gasteiger partial charge in [-0.2, -0.15) is 0 Å². The molecule has 1 aromatic heterocycles. The number of halogens is 1. The van der Waals surface area contributed by atoms with E-state index in [0.29, 0.717) is 0 Å². The van der Waals surface area contributed by atoms with Gasteiger partial charge in [0, 0.05) is 21.3 Å². The van der Waals surface area contributed by atoms with Crippen LogP contribution >= 0.6 is 27.3 Å². The highest BCUT2D eigenvalue weighted by Gasteiger charge is 2.16. The first-order valence-corrected chi connectivity index (χ1v) is 7.22. The molecule has 0 aliphatic heterocycles. The van der Waals surface area contributed by atoms with E-state index >= 15 is 0 Å². The molecule has 16 heavy (non-hydrogen) atoms. The van der Waals surface area contributed by atoms with Crippen LogP contribution in [-0.4, -0.2) is 25.0 Å². The van der Waals surface area contributed by atoms with Gasteiger partial charge in [-0.25, -0.2) is 0 Å². The molecule has 0 bridgehead atoms. The third-order valence-electron chi connectivity index (χ3n) is 2.77. The van der Waals surface area contributed by atoms with E-state index in [9.17, 15) is 0 Å². The first kappa shape index (κ1) is 14.2. The van der Waals surface area contributed by atoms with Crippen molar-refractivity contribution in [3.8, 4) is 0 Å². The quantitative estimate of drug-likeness (QED) is 0.873. The van der Waals surface area contributed by atoms with Gasteiger partial charge in [0.05, 0.1) is 0 Å². The molecule has 0 saturated carbocycles. The normalized spacial score (nSPS) is 12.4. The third-order valence-corrected chi connectivity index (χ3v) is 4.45. The molecule has 4 heteroatoms. The fourth-order valence-electron chi connectivity index (χ4n) is 1.38. The Morgan fingerprint density at radius 2 is 2.19 bits per heavy atom. The van der Waals surface area contributed by atoms with E-state index in [4.69, 9.17) is 5.73 Å². The van der Waals surface area contributed by atoms with Crippen LogP contribution in [0.2, 0.25) is 0 Å². The van der Waals surface area contributed by atoms with E-state index in [0.717, 1.165) is 26.1 Å². The summed E-state index contributed by atoms with van der Waals surface area (Å²) in [6.45, 7) is 7.33. The second kappa shape index (κ2) is 6.15. The Hall–Kier alpha value is 0.1000. The Bertz CT molecular complexity index is 323. The van der Waals surface area contributed by atoms with Crippen molar-refractivity contribution < 1.29 is 0 Å². The molecule has 0 unspecified atom stereocenters. The van der Waals surface area contributed by atoms with Gasteiger partial charge in [0.1, 0.15) is 0 Å². The molecule has 0 aromatic carbocycles. The first-order chi connectivity index (χ1) is 7.43. The molecule has 2 N–H and O–H groups in total. The summed E-state index contributed by atoms with van der Waals surface area (Å²) in [6.07, 6.45) is 1.15. The molecule has 92 valence electrons. The molecule has 0 fully saturated rings. The lowest BCUT2D eigenvalue weighted by Crippen LogP contribution is -2.29. The molecule has 0 aliphatic carbocycles. The topological polar surface area (TPSA) is 29.3 Å². The smallest absolute Gasteiger partial charge is 0.0325 e. The zero-order chi connectivity index (χ0) is 12.2. The molecule has 2 nitrogen and oxygen atoms in total. The highest BCUT2D eigenvalue weighted by atomic mass is 79.9. The first-order valence-electron chi connectivity index (χ1n) is 5.54. The van der Waals surface area contributed by atoms with Crippen molar-refractivity contribution in [3.05, 3.63) is 20.8 Å². The van der Waals surface area contributed by atoms with Gasteiger partial charge in [-0.3, -0.25) is 0 Å². The Kier molecular flexibility index (Phi) is 5.44. The molecule has 0 spiro atoms. The summed E-state index contributed by atoms with van der Waals surface area (Å²) in [7, 11) is 2.17. The SMILES string of the molecule is CN(CCC(C)(C)CN)Cc1cc(Br)cs1. The van der Waals surface area contributed by atoms with Crippen molar-refractivity contribution in [1.29, 1.82) is 0 Å². The van der Waals surface area contributed by atoms with Crippen LogP contribution in [0.25, 0.3) is 0 Å². The van der Waals surface area contributed by atoms with E-state index in [2.05, 4.69) is 53.2 Å². The Morgan fingerprint density at radius 1 is 1.50 bits per heavy atom. The molecule has 1 heterocycles. The van der Waals surface area contributed by atoms with Crippen LogP contribution in [0.4, 0.5) is 0 Å². The van der Waals surface area contributed by atoms with Gasteiger partial charge in [-0.15, -0.1) is 11.3 Å². The van der Waals surface area contributed by atoms with Gasteiger partial charge in [0.2, 0.25) is 0 Å². The van der Waals surface area contributed by atoms with Gasteiger partial charge in [0.25, 0.3) is 0 Å². The van der Waals surface area contributed by atoms with Gasteiger partial charge in [-0.05, 0) is 54.0 Å². The van der Waals surface area contributed by atoms with Crippen molar-refractivity contribution in [2.75, 3.05) is 20.1 Å². The molecule has 0 radical (unpaired) electrons. The summed E-state index contributed by atoms with van der Waals surface area (Å²) in [5.41, 5.74) is 5.98. The second-order valence-corrected chi connectivity index (χ2v) is 7.00. The van der Waals surface area contributed by atoms with Crippen LogP contribution in [0.3, 0.4) is 0 Å². The van der Waals surface area contributed by atoms with Crippen LogP contribution in [0.15, 0.2) is 15.9 Å². The molecular weight excluding hydrogens is 284 g/mol. The number of nitrogens with two attached hydrogens (primary N) is 1. The number of rotatable bonds is 6. The maximum Gasteiger partial charge on any atom is 0.0325 e. The standard InChI is InChI=1S/C12H21BrN2S/c1-12(2,9-14)4-5-15(3)7-11-6-10(13)8-16-11/h6,8H,4-5,7,9,14H2,1-3H3. The third kappa shape index (κ3) is 4.95. The predicted molar refractivity (Wildman–Crippen MR) is 75.8 cm³/mol. The summed E-state index contributed by atoms with van der Waals surface area (Å²) in [5, 5.41) is 2.13. The number of nitrogens with zero attached hydrogens (tertiary/aromatic N) is 1. The van der Waals surface area contributed by atoms with E-state index in [1.165, 1.54) is 9.35 Å². The fourth-order valence-corrected chi connectivity index (χ4v) is 2.91. The summed E-state index contributed by atoms with van der Waals surface area (Å²) in [5.74, 6) is 0. The molecule has 0 atom stereocenters. The minimum Gasteiger partial charge on any atom is -0.330 e. The zero-order valence-corrected chi connectivity index (χ0v) is 12.7. The minimum absolute atomic E-state index is 0.254. The molecule has 0 amide bonds. The van der Waals surface area contributed by atoms with Crippen LogP contribution < -0.4 is 5.73 Å². The van der Waals surface area contributed by atoms with Gasteiger partial charge in [0.15, 0.2) is 0 Å². The van der Waals surface area contributed by atoms with Gasteiger partial charge in [-0.1, -0.05) is 13.8 Å². The minimum atomic E-state index is 0.254. The summed E-state index contributed by atoms with van der Waals surface area (Å²) in [4.78, 5) is 3.76. The molecule has 1 aromatic rings. The Labute approximate surface area is 111 Å². The Morgan fingerprint density at radius 3 is 2.69 bits per heavy atom. The maximum absolute atomic E-state index is 5.73. The molecule has 0 aliphatic rings. The van der Waals surface area contributed by atoms with Crippen molar-refractivity contribution in [2.24, 2.45) is 11.1 Å². The van der Waals surface area contributed by atoms with Crippen molar-refractivity contribution >= 4 is 27.3 Å². The van der Waals surface area contributed by atoms with Crippen molar-refractivity contribution in [3.63, 3.8) is 0 Å². The lowest BCUT2D eigenvalue weighted by Gasteiger charge is -2.25. The fraction of sp³-hybridized carbons (Fsp3) is 0.667. The molecule has 1 rings (SSSR count). The number of hydrogen-bond acceptors (Lipinski definition) is 3. The average Bonchev–Trinajstić information content (AvgIpc) is 2.61. The number of hydrogen-bond donors (Lipinski definition) is 1. The summed E-state index contributed by atoms with van der Waals surface area (Å²) >= 11 is 5.28. The maximum atomic E-state index is 5.73. The monoisotopic (exact) mass is 304 g/mol. The van der Waals surface area contributed by atoms with Crippen molar-refractivity contribution in [2.45, 2.75) is 26.8 Å². The average molecular weight is 305 g/mol. The lowest BCUT2D eigenvalue weighted by molar-refractivity contribution is 0.250. The molecular formula is C12H21BrN2S. The lowest BCUT2D eigenvalue weighted by atomic mass is 9.89. The van der Waals surface area contributed by atoms with Gasteiger partial charge >= 0.3 is 0 Å². The zero-order valence-electron chi connectivity index (χ0n) is 10.3. The number of thiophene rings is 1. The summed E-state index contributed by atoms with van der Waals surface area (Å²) in [6, 6.07) is 2.19. The highest BCUT2D eigenvalue weighted by molar-refractivity contribution is 9.10. The molecule has 0 saturated heterocycles. The van der Waals surface area contributed by atoms with Crippen LogP contribution in [0.1, 0.15) is 25.1 Å². The predicted octanol–water partition coefficient (Wildman–Crippen LogP) is 3.32. The largest absolute Gasteiger partial charge is 0.330 e. The van der Waals surface area contributed by atoms with Crippen molar-refractivity contribution in [1.82, 2.24) is 4.90 Å². The van der Waals surface area contributed by atoms with E-state index in [1.54, 1.807) is 11.3 Å².